The SMILES string of the molecule is CNC(=O)[C@@H]1OC(n2cnc3c(NCc4ccccc4)nc(-c4ccc(C)cc4)nc32)C(O)C1O. The summed E-state index contributed by atoms with van der Waals surface area (Å²) in [4.78, 5) is 26.1. The molecule has 2 aromatic heterocycles. The third kappa shape index (κ3) is 4.34. The summed E-state index contributed by atoms with van der Waals surface area (Å²) < 4.78 is 7.28. The van der Waals surface area contributed by atoms with Crippen LogP contribution in [0.5, 0.6) is 0 Å². The largest absolute Gasteiger partial charge is 0.387 e. The number of fused-ring (bicyclic) bond motifs is 1. The fraction of sp³-hybridized carbons (Fsp3) is 0.280. The summed E-state index contributed by atoms with van der Waals surface area (Å²) >= 11 is 0. The molecule has 10 nitrogen and oxygen atoms in total. The van der Waals surface area contributed by atoms with Crippen LogP contribution < -0.4 is 10.6 Å². The zero-order valence-corrected chi connectivity index (χ0v) is 19.3. The number of benzene rings is 2. The number of aliphatic hydroxyl groups excluding tert-OH is 2. The van der Waals surface area contributed by atoms with E-state index in [2.05, 4.69) is 15.6 Å². The van der Waals surface area contributed by atoms with Gasteiger partial charge >= 0.3 is 0 Å². The lowest BCUT2D eigenvalue weighted by Gasteiger charge is -2.17. The number of hydrogen-bond donors (Lipinski definition) is 4. The number of anilines is 1. The Labute approximate surface area is 201 Å². The van der Waals surface area contributed by atoms with Crippen molar-refractivity contribution in [2.45, 2.75) is 38.0 Å². The number of likely N-dealkylation sites (N-methyl/N-ethyl adjacent to an activating group) is 1. The molecule has 0 spiro atoms. The standard InChI is InChI=1S/C25H26N6O4/c1-14-8-10-16(11-9-14)21-29-22(27-12-15-6-4-3-5-7-15)17-23(30-21)31(13-28-17)25-19(33)18(32)20(35-25)24(34)26-2/h3-11,13,18-20,25,32-33H,12H2,1-2H3,(H,26,34)(H,27,29,30)/t18?,19?,20-,25?/m1/s1. The fourth-order valence-electron chi connectivity index (χ4n) is 4.09. The number of imidazole rings is 1. The molecule has 5 rings (SSSR count). The molecule has 3 heterocycles. The molecule has 0 bridgehead atoms. The minimum Gasteiger partial charge on any atom is -0.387 e. The molecule has 1 aliphatic rings. The number of amides is 1. The van der Waals surface area contributed by atoms with Crippen LogP contribution in [0, 0.1) is 6.92 Å². The molecule has 4 atom stereocenters. The molecule has 35 heavy (non-hydrogen) atoms. The molecule has 1 aliphatic heterocycles. The second kappa shape index (κ2) is 9.41. The maximum absolute atomic E-state index is 12.1. The van der Waals surface area contributed by atoms with Crippen LogP contribution in [0.1, 0.15) is 17.4 Å². The van der Waals surface area contributed by atoms with Gasteiger partial charge in [0.1, 0.15) is 12.2 Å². The zero-order chi connectivity index (χ0) is 24.5. The van der Waals surface area contributed by atoms with Gasteiger partial charge in [0, 0.05) is 19.2 Å². The van der Waals surface area contributed by atoms with E-state index < -0.39 is 30.4 Å². The van der Waals surface area contributed by atoms with Crippen LogP contribution in [0.2, 0.25) is 0 Å². The smallest absolute Gasteiger partial charge is 0.251 e. The minimum atomic E-state index is -1.40. The van der Waals surface area contributed by atoms with E-state index in [-0.39, 0.29) is 0 Å². The molecule has 2 aromatic carbocycles. The molecule has 4 N–H and O–H groups in total. The first-order chi connectivity index (χ1) is 17.0. The predicted octanol–water partition coefficient (Wildman–Crippen LogP) is 1.78. The van der Waals surface area contributed by atoms with Crippen LogP contribution in [0.25, 0.3) is 22.6 Å². The normalized spacial score (nSPS) is 21.8. The Balaban J connectivity index is 1.58. The minimum absolute atomic E-state index is 0.403. The number of rotatable bonds is 6. The Morgan fingerprint density at radius 2 is 1.80 bits per heavy atom. The third-order valence-corrected chi connectivity index (χ3v) is 6.05. The van der Waals surface area contributed by atoms with Gasteiger partial charge in [-0.25, -0.2) is 15.0 Å². The van der Waals surface area contributed by atoms with Crippen LogP contribution in [-0.4, -0.2) is 61.0 Å². The number of aliphatic hydroxyl groups is 2. The zero-order valence-electron chi connectivity index (χ0n) is 19.3. The van der Waals surface area contributed by atoms with Gasteiger partial charge in [-0.3, -0.25) is 9.36 Å². The van der Waals surface area contributed by atoms with Crippen molar-refractivity contribution in [3.8, 4) is 11.4 Å². The maximum Gasteiger partial charge on any atom is 0.251 e. The summed E-state index contributed by atoms with van der Waals surface area (Å²) in [6.07, 6.45) is -3.55. The Morgan fingerprint density at radius 3 is 2.51 bits per heavy atom. The van der Waals surface area contributed by atoms with Gasteiger partial charge in [0.25, 0.3) is 5.91 Å². The first kappa shape index (κ1) is 22.9. The summed E-state index contributed by atoms with van der Waals surface area (Å²) in [6, 6.07) is 17.7. The monoisotopic (exact) mass is 474 g/mol. The van der Waals surface area contributed by atoms with E-state index in [0.29, 0.717) is 29.4 Å². The number of carbonyl (C=O) groups is 1. The number of aromatic nitrogens is 4. The summed E-state index contributed by atoms with van der Waals surface area (Å²) in [5.74, 6) is 0.457. The third-order valence-electron chi connectivity index (χ3n) is 6.05. The quantitative estimate of drug-likeness (QED) is 0.332. The number of ether oxygens (including phenoxy) is 1. The molecule has 0 radical (unpaired) electrons. The van der Waals surface area contributed by atoms with E-state index in [1.165, 1.54) is 17.9 Å². The molecule has 4 aromatic rings. The molecule has 0 saturated carbocycles. The summed E-state index contributed by atoms with van der Waals surface area (Å²) in [6.45, 7) is 2.52. The number of nitrogens with zero attached hydrogens (tertiary/aromatic N) is 4. The maximum atomic E-state index is 12.1. The summed E-state index contributed by atoms with van der Waals surface area (Å²) in [5.41, 5.74) is 3.87. The van der Waals surface area contributed by atoms with Crippen molar-refractivity contribution in [1.29, 1.82) is 0 Å². The van der Waals surface area contributed by atoms with Crippen LogP contribution in [0.15, 0.2) is 60.9 Å². The molecule has 0 aliphatic carbocycles. The first-order valence-electron chi connectivity index (χ1n) is 11.3. The number of carbonyl (C=O) groups excluding carboxylic acids is 1. The lowest BCUT2D eigenvalue weighted by molar-refractivity contribution is -0.137. The van der Waals surface area contributed by atoms with E-state index in [9.17, 15) is 15.0 Å². The van der Waals surface area contributed by atoms with Gasteiger partial charge in [-0.1, -0.05) is 60.2 Å². The van der Waals surface area contributed by atoms with Gasteiger partial charge in [-0.05, 0) is 12.5 Å². The lowest BCUT2D eigenvalue weighted by atomic mass is 10.1. The van der Waals surface area contributed by atoms with Crippen LogP contribution in [0.4, 0.5) is 5.82 Å². The van der Waals surface area contributed by atoms with Gasteiger partial charge in [0.15, 0.2) is 35.1 Å². The van der Waals surface area contributed by atoms with Crippen molar-refractivity contribution < 1.29 is 19.7 Å². The Bertz CT molecular complexity index is 1340. The van der Waals surface area contributed by atoms with Crippen molar-refractivity contribution in [3.05, 3.63) is 72.1 Å². The Hall–Kier alpha value is -3.86. The van der Waals surface area contributed by atoms with Gasteiger partial charge in [-0.15, -0.1) is 0 Å². The second-order valence-electron chi connectivity index (χ2n) is 8.47. The van der Waals surface area contributed by atoms with E-state index in [4.69, 9.17) is 14.7 Å². The summed E-state index contributed by atoms with van der Waals surface area (Å²) in [5, 5.41) is 26.9. The Morgan fingerprint density at radius 1 is 1.06 bits per heavy atom. The molecule has 1 saturated heterocycles. The van der Waals surface area contributed by atoms with Gasteiger partial charge in [0.2, 0.25) is 0 Å². The van der Waals surface area contributed by atoms with E-state index in [1.54, 1.807) is 0 Å². The van der Waals surface area contributed by atoms with E-state index >= 15 is 0 Å². The highest BCUT2D eigenvalue weighted by Crippen LogP contribution is 2.33. The van der Waals surface area contributed by atoms with Crippen LogP contribution >= 0.6 is 0 Å². The average molecular weight is 475 g/mol. The fourth-order valence-corrected chi connectivity index (χ4v) is 4.09. The summed E-state index contributed by atoms with van der Waals surface area (Å²) in [7, 11) is 1.44. The van der Waals surface area contributed by atoms with Crippen molar-refractivity contribution in [3.63, 3.8) is 0 Å². The number of aryl methyl sites for hydroxylation is 1. The van der Waals surface area contributed by atoms with Crippen molar-refractivity contribution in [2.24, 2.45) is 0 Å². The molecule has 10 heteroatoms. The average Bonchev–Trinajstić information content (AvgIpc) is 3.44. The van der Waals surface area contributed by atoms with Gasteiger partial charge in [0.05, 0.1) is 6.33 Å². The van der Waals surface area contributed by atoms with E-state index in [0.717, 1.165) is 16.7 Å². The molecule has 1 amide bonds. The van der Waals surface area contributed by atoms with Gasteiger partial charge < -0.3 is 25.6 Å². The highest BCUT2D eigenvalue weighted by Gasteiger charge is 2.47. The predicted molar refractivity (Wildman–Crippen MR) is 129 cm³/mol. The number of nitrogens with one attached hydrogen (secondary N) is 2. The number of hydrogen-bond acceptors (Lipinski definition) is 8. The first-order valence-corrected chi connectivity index (χ1v) is 11.3. The lowest BCUT2D eigenvalue weighted by Crippen LogP contribution is -2.41. The van der Waals surface area contributed by atoms with Crippen LogP contribution in [0.3, 0.4) is 0 Å². The Kier molecular flexibility index (Phi) is 6.16. The molecular formula is C25H26N6O4. The molecular weight excluding hydrogens is 448 g/mol. The molecule has 3 unspecified atom stereocenters. The topological polar surface area (TPSA) is 134 Å². The van der Waals surface area contributed by atoms with E-state index in [1.807, 2.05) is 61.5 Å². The van der Waals surface area contributed by atoms with Crippen molar-refractivity contribution >= 4 is 22.9 Å². The molecule has 180 valence electrons. The second-order valence-corrected chi connectivity index (χ2v) is 8.47. The van der Waals surface area contributed by atoms with Gasteiger partial charge in [-0.2, -0.15) is 0 Å². The van der Waals surface area contributed by atoms with Crippen molar-refractivity contribution in [1.82, 2.24) is 24.8 Å². The molecule has 1 fully saturated rings. The highest BCUT2D eigenvalue weighted by atomic mass is 16.6. The van der Waals surface area contributed by atoms with Crippen LogP contribution in [-0.2, 0) is 16.1 Å². The van der Waals surface area contributed by atoms with Crippen molar-refractivity contribution in [2.75, 3.05) is 12.4 Å². The highest BCUT2D eigenvalue weighted by molar-refractivity contribution is 5.85.